The lowest BCUT2D eigenvalue weighted by Gasteiger charge is -2.42. The monoisotopic (exact) mass is 675 g/mol. The van der Waals surface area contributed by atoms with Crippen LogP contribution in [0.1, 0.15) is 37.3 Å². The largest absolute Gasteiger partial charge is 0.436 e. The van der Waals surface area contributed by atoms with Crippen molar-refractivity contribution < 1.29 is 14.3 Å². The highest BCUT2D eigenvalue weighted by Crippen LogP contribution is 2.27. The third kappa shape index (κ3) is 6.99. The fraction of sp³-hybridized carbons (Fsp3) is 0.500. The molecule has 3 aliphatic heterocycles. The molecule has 14 heteroatoms. The zero-order valence-electron chi connectivity index (χ0n) is 27.2. The smallest absolute Gasteiger partial charge is 0.410 e. The number of likely N-dealkylation sites (N-methyl/N-ethyl adjacent to an activating group) is 1. The van der Waals surface area contributed by atoms with Crippen molar-refractivity contribution in [2.45, 2.75) is 50.3 Å². The van der Waals surface area contributed by atoms with Gasteiger partial charge in [-0.3, -0.25) is 19.8 Å². The van der Waals surface area contributed by atoms with E-state index in [2.05, 4.69) is 37.1 Å². The van der Waals surface area contributed by atoms with Crippen molar-refractivity contribution in [2.75, 3.05) is 59.4 Å². The molecule has 4 aromatic rings. The number of piperidine rings is 2. The van der Waals surface area contributed by atoms with Crippen molar-refractivity contribution in [3.63, 3.8) is 0 Å². The molecule has 2 aromatic heterocycles. The number of ether oxygens (including phenoxy) is 1. The molecule has 3 aliphatic rings. The molecule has 0 spiro atoms. The van der Waals surface area contributed by atoms with Crippen molar-refractivity contribution in [3.8, 4) is 11.4 Å². The molecule has 0 aliphatic carbocycles. The number of amides is 2. The van der Waals surface area contributed by atoms with Crippen LogP contribution >= 0.6 is 11.6 Å². The first kappa shape index (κ1) is 32.4. The van der Waals surface area contributed by atoms with Crippen LogP contribution < -0.4 is 5.69 Å². The maximum atomic E-state index is 14.0. The minimum atomic E-state index is -1.00. The topological polar surface area (TPSA) is 136 Å². The molecule has 5 heterocycles. The lowest BCUT2D eigenvalue weighted by atomic mass is 10.00. The summed E-state index contributed by atoms with van der Waals surface area (Å²) in [5.74, 6) is 0.333. The van der Waals surface area contributed by atoms with Crippen LogP contribution in [0.3, 0.4) is 0 Å². The van der Waals surface area contributed by atoms with Gasteiger partial charge in [0.2, 0.25) is 0 Å². The fourth-order valence-electron chi connectivity index (χ4n) is 7.23. The Morgan fingerprint density at radius 1 is 0.938 bits per heavy atom. The molecule has 3 saturated heterocycles. The van der Waals surface area contributed by atoms with Crippen LogP contribution in [0, 0.1) is 0 Å². The number of nitrogens with one attached hydrogen (secondary N) is 2. The zero-order valence-corrected chi connectivity index (χ0v) is 27.9. The van der Waals surface area contributed by atoms with Crippen LogP contribution in [0.2, 0.25) is 5.02 Å². The summed E-state index contributed by atoms with van der Waals surface area (Å²) in [6.07, 6.45) is 3.23. The van der Waals surface area contributed by atoms with Gasteiger partial charge in [0.05, 0.1) is 22.8 Å². The van der Waals surface area contributed by atoms with E-state index in [1.54, 1.807) is 17.2 Å². The molecule has 1 unspecified atom stereocenters. The lowest BCUT2D eigenvalue weighted by molar-refractivity contribution is -0.142. The predicted octanol–water partition coefficient (Wildman–Crippen LogP) is 3.39. The first-order chi connectivity index (χ1) is 23.3. The minimum absolute atomic E-state index is 0.155. The summed E-state index contributed by atoms with van der Waals surface area (Å²) in [6, 6.07) is 13.5. The SMILES string of the molecule is CN1CCN(C2CCN(C(=O)C(Cc3cc(Cl)c4[nH]ncc4c3)OC(=O)N3CCC(n4nc(-c5ccccc5)[nH]c4=O)CC3)CC2)CC1. The molecule has 2 amide bonds. The molecule has 2 aromatic carbocycles. The van der Waals surface area contributed by atoms with Gasteiger partial charge in [0.25, 0.3) is 5.91 Å². The number of aromatic amines is 2. The van der Waals surface area contributed by atoms with Crippen molar-refractivity contribution in [3.05, 3.63) is 69.7 Å². The molecule has 0 saturated carbocycles. The Bertz CT molecular complexity index is 1780. The van der Waals surface area contributed by atoms with E-state index in [9.17, 15) is 14.4 Å². The van der Waals surface area contributed by atoms with Crippen molar-refractivity contribution in [1.29, 1.82) is 0 Å². The fourth-order valence-corrected chi connectivity index (χ4v) is 7.52. The Kier molecular flexibility index (Phi) is 9.51. The van der Waals surface area contributed by atoms with Crippen LogP contribution in [-0.2, 0) is 16.0 Å². The number of likely N-dealkylation sites (tertiary alicyclic amines) is 2. The van der Waals surface area contributed by atoms with Gasteiger partial charge in [0.15, 0.2) is 11.9 Å². The molecule has 254 valence electrons. The standard InChI is InChI=1S/C34H42ClN9O4/c1-40-15-17-41(18-16-40)26-7-11-42(12-8-26)32(45)29(21-23-19-25-22-36-38-30(25)28(35)20-23)48-34(47)43-13-9-27(10-14-43)44-33(46)37-31(39-44)24-5-3-2-4-6-24/h2-6,19-20,22,26-27,29H,7-18,21H2,1H3,(H,36,38)(H,37,39,46). The van der Waals surface area contributed by atoms with E-state index in [0.717, 1.165) is 61.1 Å². The number of rotatable bonds is 7. The molecule has 13 nitrogen and oxygen atoms in total. The number of H-pyrrole nitrogens is 2. The first-order valence-electron chi connectivity index (χ1n) is 16.8. The second-order valence-electron chi connectivity index (χ2n) is 13.2. The number of hydrogen-bond donors (Lipinski definition) is 2. The van der Waals surface area contributed by atoms with Gasteiger partial charge in [0.1, 0.15) is 0 Å². The quantitative estimate of drug-likeness (QED) is 0.305. The summed E-state index contributed by atoms with van der Waals surface area (Å²) in [5, 5.41) is 12.9. The molecule has 0 radical (unpaired) electrons. The van der Waals surface area contributed by atoms with E-state index in [-0.39, 0.29) is 24.1 Å². The van der Waals surface area contributed by atoms with Gasteiger partial charge in [-0.25, -0.2) is 14.3 Å². The molecular weight excluding hydrogens is 634 g/mol. The van der Waals surface area contributed by atoms with Gasteiger partial charge in [-0.05, 0) is 50.4 Å². The average Bonchev–Trinajstić information content (AvgIpc) is 3.76. The molecular formula is C34H42ClN9O4. The Labute approximate surface area is 283 Å². The number of benzene rings is 2. The van der Waals surface area contributed by atoms with Crippen LogP contribution in [0.25, 0.3) is 22.3 Å². The first-order valence-corrected chi connectivity index (χ1v) is 17.2. The number of piperazine rings is 1. The second kappa shape index (κ2) is 14.1. The van der Waals surface area contributed by atoms with Crippen molar-refractivity contribution >= 4 is 34.5 Å². The van der Waals surface area contributed by atoms with E-state index in [1.807, 2.05) is 41.3 Å². The highest BCUT2D eigenvalue weighted by molar-refractivity contribution is 6.35. The number of fused-ring (bicyclic) bond motifs is 1. The van der Waals surface area contributed by atoms with Gasteiger partial charge >= 0.3 is 11.8 Å². The summed E-state index contributed by atoms with van der Waals surface area (Å²) in [7, 11) is 2.15. The predicted molar refractivity (Wildman–Crippen MR) is 182 cm³/mol. The van der Waals surface area contributed by atoms with Gasteiger partial charge in [-0.2, -0.15) is 5.10 Å². The van der Waals surface area contributed by atoms with Gasteiger partial charge in [-0.15, -0.1) is 5.10 Å². The summed E-state index contributed by atoms with van der Waals surface area (Å²) in [5.41, 5.74) is 2.08. The average molecular weight is 676 g/mol. The molecule has 3 fully saturated rings. The Hall–Kier alpha value is -4.20. The zero-order chi connectivity index (χ0) is 33.2. The summed E-state index contributed by atoms with van der Waals surface area (Å²) < 4.78 is 7.53. The van der Waals surface area contributed by atoms with Crippen LogP contribution in [0.5, 0.6) is 0 Å². The molecule has 0 bridgehead atoms. The van der Waals surface area contributed by atoms with E-state index in [1.165, 1.54) is 4.68 Å². The molecule has 7 rings (SSSR count). The molecule has 2 N–H and O–H groups in total. The van der Waals surface area contributed by atoms with Crippen molar-refractivity contribution in [2.24, 2.45) is 0 Å². The van der Waals surface area contributed by atoms with Crippen LogP contribution in [0.4, 0.5) is 4.79 Å². The number of halogens is 1. The number of carbonyl (C=O) groups is 2. The third-order valence-electron chi connectivity index (χ3n) is 10.1. The number of hydrogen-bond acceptors (Lipinski definition) is 8. The highest BCUT2D eigenvalue weighted by atomic mass is 35.5. The van der Waals surface area contributed by atoms with E-state index in [4.69, 9.17) is 16.3 Å². The highest BCUT2D eigenvalue weighted by Gasteiger charge is 2.35. The van der Waals surface area contributed by atoms with Crippen molar-refractivity contribution in [1.82, 2.24) is 44.6 Å². The third-order valence-corrected chi connectivity index (χ3v) is 10.4. The maximum absolute atomic E-state index is 14.0. The van der Waals surface area contributed by atoms with Gasteiger partial charge < -0.3 is 19.4 Å². The van der Waals surface area contributed by atoms with Crippen LogP contribution in [0.15, 0.2) is 53.5 Å². The Balaban J connectivity index is 1.01. The summed E-state index contributed by atoms with van der Waals surface area (Å²) in [4.78, 5) is 51.6. The number of aromatic nitrogens is 5. The second-order valence-corrected chi connectivity index (χ2v) is 13.6. The van der Waals surface area contributed by atoms with Gasteiger partial charge in [0, 0.05) is 75.8 Å². The molecule has 1 atom stereocenters. The van der Waals surface area contributed by atoms with Gasteiger partial charge in [-0.1, -0.05) is 41.9 Å². The molecule has 48 heavy (non-hydrogen) atoms. The number of carbonyl (C=O) groups excluding carboxylic acids is 2. The Morgan fingerprint density at radius 2 is 1.62 bits per heavy atom. The summed E-state index contributed by atoms with van der Waals surface area (Å²) >= 11 is 6.53. The van der Waals surface area contributed by atoms with E-state index in [0.29, 0.717) is 55.9 Å². The minimum Gasteiger partial charge on any atom is -0.436 e. The van der Waals surface area contributed by atoms with Crippen LogP contribution in [-0.4, -0.2) is 128 Å². The Morgan fingerprint density at radius 3 is 2.35 bits per heavy atom. The lowest BCUT2D eigenvalue weighted by Crippen LogP contribution is -2.54. The maximum Gasteiger partial charge on any atom is 0.410 e. The normalized spacial score (nSPS) is 19.5. The summed E-state index contributed by atoms with van der Waals surface area (Å²) in [6.45, 7) is 6.23. The van der Waals surface area contributed by atoms with E-state index >= 15 is 0 Å². The number of nitrogens with zero attached hydrogens (tertiary/aromatic N) is 7. The van der Waals surface area contributed by atoms with E-state index < -0.39 is 12.2 Å².